The lowest BCUT2D eigenvalue weighted by atomic mass is 10.2. The topological polar surface area (TPSA) is 82.5 Å². The monoisotopic (exact) mass is 266 g/mol. The Morgan fingerprint density at radius 3 is 2.60 bits per heavy atom. The third-order valence-electron chi connectivity index (χ3n) is 2.92. The van der Waals surface area contributed by atoms with E-state index in [0.717, 1.165) is 22.5 Å². The Morgan fingerprint density at radius 1 is 1.10 bits per heavy atom. The van der Waals surface area contributed by atoms with Crippen LogP contribution in [0, 0.1) is 6.92 Å². The molecule has 0 saturated heterocycles. The molecule has 3 aromatic rings. The van der Waals surface area contributed by atoms with Crippen LogP contribution in [0.25, 0.3) is 22.6 Å². The van der Waals surface area contributed by atoms with Gasteiger partial charge in [0.2, 0.25) is 0 Å². The summed E-state index contributed by atoms with van der Waals surface area (Å²) in [4.78, 5) is 13.1. The largest absolute Gasteiger partial charge is 0.384 e. The van der Waals surface area contributed by atoms with E-state index >= 15 is 0 Å². The molecule has 0 unspecified atom stereocenters. The summed E-state index contributed by atoms with van der Waals surface area (Å²) < 4.78 is 1.72. The van der Waals surface area contributed by atoms with Crippen molar-refractivity contribution in [3.8, 4) is 22.6 Å². The number of hydrogen-bond donors (Lipinski definition) is 1. The first-order chi connectivity index (χ1) is 9.61. The maximum absolute atomic E-state index is 5.87. The average molecular weight is 266 g/mol. The van der Waals surface area contributed by atoms with E-state index in [1.165, 1.54) is 0 Å². The van der Waals surface area contributed by atoms with Crippen molar-refractivity contribution in [2.45, 2.75) is 6.92 Å². The molecule has 0 aliphatic rings. The molecular formula is C14H14N6. The second kappa shape index (κ2) is 4.73. The van der Waals surface area contributed by atoms with Gasteiger partial charge in [-0.3, -0.25) is 9.67 Å². The molecule has 0 spiro atoms. The van der Waals surface area contributed by atoms with E-state index in [4.69, 9.17) is 5.73 Å². The summed E-state index contributed by atoms with van der Waals surface area (Å²) in [6, 6.07) is 5.60. The van der Waals surface area contributed by atoms with E-state index < -0.39 is 0 Å². The average Bonchev–Trinajstić information content (AvgIpc) is 2.85. The number of rotatable bonds is 2. The molecule has 6 heteroatoms. The van der Waals surface area contributed by atoms with E-state index in [1.54, 1.807) is 23.1 Å². The molecule has 3 aromatic heterocycles. The summed E-state index contributed by atoms with van der Waals surface area (Å²) >= 11 is 0. The third-order valence-corrected chi connectivity index (χ3v) is 2.92. The number of anilines is 1. The second-order valence-electron chi connectivity index (χ2n) is 4.59. The zero-order chi connectivity index (χ0) is 14.1. The first kappa shape index (κ1) is 12.3. The minimum Gasteiger partial charge on any atom is -0.384 e. The lowest BCUT2D eigenvalue weighted by Crippen LogP contribution is -1.98. The van der Waals surface area contributed by atoms with Crippen molar-refractivity contribution in [3.63, 3.8) is 0 Å². The van der Waals surface area contributed by atoms with Gasteiger partial charge in [-0.1, -0.05) is 0 Å². The first-order valence-corrected chi connectivity index (χ1v) is 6.18. The molecule has 20 heavy (non-hydrogen) atoms. The van der Waals surface area contributed by atoms with E-state index in [9.17, 15) is 0 Å². The Labute approximate surface area is 116 Å². The number of nitrogen functional groups attached to an aromatic ring is 1. The first-order valence-electron chi connectivity index (χ1n) is 6.18. The molecule has 0 saturated carbocycles. The van der Waals surface area contributed by atoms with Crippen LogP contribution in [0.3, 0.4) is 0 Å². The van der Waals surface area contributed by atoms with Crippen LogP contribution in [-0.2, 0) is 7.05 Å². The Morgan fingerprint density at radius 2 is 1.95 bits per heavy atom. The van der Waals surface area contributed by atoms with Crippen molar-refractivity contribution >= 4 is 5.82 Å². The highest BCUT2D eigenvalue weighted by Crippen LogP contribution is 2.22. The van der Waals surface area contributed by atoms with Gasteiger partial charge in [0.05, 0.1) is 11.9 Å². The molecule has 0 aliphatic carbocycles. The fraction of sp³-hybridized carbons (Fsp3) is 0.143. The summed E-state index contributed by atoms with van der Waals surface area (Å²) in [5.41, 5.74) is 9.32. The fourth-order valence-electron chi connectivity index (χ4n) is 1.90. The van der Waals surface area contributed by atoms with Gasteiger partial charge in [-0.05, 0) is 19.1 Å². The van der Waals surface area contributed by atoms with E-state index in [0.29, 0.717) is 11.6 Å². The fourth-order valence-corrected chi connectivity index (χ4v) is 1.90. The summed E-state index contributed by atoms with van der Waals surface area (Å²) in [6.45, 7) is 1.94. The van der Waals surface area contributed by atoms with Crippen LogP contribution in [0.4, 0.5) is 5.82 Å². The van der Waals surface area contributed by atoms with Crippen molar-refractivity contribution in [1.82, 2.24) is 24.7 Å². The number of pyridine rings is 1. The lowest BCUT2D eigenvalue weighted by Gasteiger charge is -2.04. The van der Waals surface area contributed by atoms with Crippen LogP contribution in [0.2, 0.25) is 0 Å². The number of aryl methyl sites for hydroxylation is 2. The molecule has 0 aliphatic heterocycles. The van der Waals surface area contributed by atoms with Gasteiger partial charge in [-0.15, -0.1) is 0 Å². The summed E-state index contributed by atoms with van der Waals surface area (Å²) in [5, 5.41) is 4.14. The van der Waals surface area contributed by atoms with Crippen molar-refractivity contribution in [2.75, 3.05) is 5.73 Å². The van der Waals surface area contributed by atoms with Crippen LogP contribution >= 0.6 is 0 Å². The van der Waals surface area contributed by atoms with Gasteiger partial charge < -0.3 is 5.73 Å². The molecule has 100 valence electrons. The minimum absolute atomic E-state index is 0.425. The molecule has 0 amide bonds. The summed E-state index contributed by atoms with van der Waals surface area (Å²) in [6.07, 6.45) is 5.38. The van der Waals surface area contributed by atoms with E-state index in [1.807, 2.05) is 32.3 Å². The SMILES string of the molecule is Cc1ccc(-c2nc(N)cc(-c3cnn(C)c3)n2)cn1. The van der Waals surface area contributed by atoms with Crippen LogP contribution in [0.1, 0.15) is 5.69 Å². The number of nitrogens with zero attached hydrogens (tertiary/aromatic N) is 5. The molecule has 3 heterocycles. The third kappa shape index (κ3) is 2.35. The van der Waals surface area contributed by atoms with Gasteiger partial charge in [0.15, 0.2) is 5.82 Å². The van der Waals surface area contributed by atoms with Crippen LogP contribution in [-0.4, -0.2) is 24.7 Å². The number of aromatic nitrogens is 5. The number of nitrogens with two attached hydrogens (primary N) is 1. The molecule has 3 rings (SSSR count). The van der Waals surface area contributed by atoms with Crippen LogP contribution in [0.15, 0.2) is 36.8 Å². The zero-order valence-electron chi connectivity index (χ0n) is 11.3. The van der Waals surface area contributed by atoms with Gasteiger partial charge in [0.1, 0.15) is 5.82 Å². The molecule has 0 radical (unpaired) electrons. The molecule has 0 fully saturated rings. The normalized spacial score (nSPS) is 10.7. The van der Waals surface area contributed by atoms with Gasteiger partial charge >= 0.3 is 0 Å². The second-order valence-corrected chi connectivity index (χ2v) is 4.59. The molecule has 6 nitrogen and oxygen atoms in total. The molecule has 2 N–H and O–H groups in total. The number of hydrogen-bond acceptors (Lipinski definition) is 5. The standard InChI is InChI=1S/C14H14N6/c1-9-3-4-10(6-16-9)14-18-12(5-13(15)19-14)11-7-17-20(2)8-11/h3-8H,1-2H3,(H2,15,18,19). The van der Waals surface area contributed by atoms with Crippen molar-refractivity contribution in [1.29, 1.82) is 0 Å². The maximum Gasteiger partial charge on any atom is 0.163 e. The van der Waals surface area contributed by atoms with Gasteiger partial charge in [-0.2, -0.15) is 5.10 Å². The molecule has 0 bridgehead atoms. The lowest BCUT2D eigenvalue weighted by molar-refractivity contribution is 0.768. The van der Waals surface area contributed by atoms with Gasteiger partial charge in [0.25, 0.3) is 0 Å². The predicted molar refractivity (Wildman–Crippen MR) is 76.6 cm³/mol. The highest BCUT2D eigenvalue weighted by molar-refractivity contribution is 5.65. The van der Waals surface area contributed by atoms with E-state index in [2.05, 4.69) is 20.1 Å². The highest BCUT2D eigenvalue weighted by atomic mass is 15.2. The van der Waals surface area contributed by atoms with Crippen molar-refractivity contribution in [3.05, 3.63) is 42.5 Å². The highest BCUT2D eigenvalue weighted by Gasteiger charge is 2.08. The zero-order valence-corrected chi connectivity index (χ0v) is 11.3. The quantitative estimate of drug-likeness (QED) is 0.765. The molecule has 0 atom stereocenters. The Balaban J connectivity index is 2.09. The van der Waals surface area contributed by atoms with Gasteiger partial charge in [0, 0.05) is 42.3 Å². The minimum atomic E-state index is 0.425. The van der Waals surface area contributed by atoms with Crippen LogP contribution < -0.4 is 5.73 Å². The molecular weight excluding hydrogens is 252 g/mol. The summed E-state index contributed by atoms with van der Waals surface area (Å²) in [5.74, 6) is 0.991. The van der Waals surface area contributed by atoms with Crippen molar-refractivity contribution < 1.29 is 0 Å². The molecule has 0 aromatic carbocycles. The van der Waals surface area contributed by atoms with E-state index in [-0.39, 0.29) is 0 Å². The smallest absolute Gasteiger partial charge is 0.163 e. The maximum atomic E-state index is 5.87. The predicted octanol–water partition coefficient (Wildman–Crippen LogP) is 1.83. The van der Waals surface area contributed by atoms with Crippen molar-refractivity contribution in [2.24, 2.45) is 7.05 Å². The summed E-state index contributed by atoms with van der Waals surface area (Å²) in [7, 11) is 1.86. The Kier molecular flexibility index (Phi) is 2.90. The van der Waals surface area contributed by atoms with Gasteiger partial charge in [-0.25, -0.2) is 9.97 Å². The Bertz CT molecular complexity index is 745. The Hall–Kier alpha value is -2.76. The van der Waals surface area contributed by atoms with Crippen LogP contribution in [0.5, 0.6) is 0 Å².